The second-order valence-electron chi connectivity index (χ2n) is 7.70. The fraction of sp³-hybridized carbons (Fsp3) is 0.333. The maximum Gasteiger partial charge on any atom is 0.238 e. The van der Waals surface area contributed by atoms with Gasteiger partial charge in [-0.15, -0.1) is 0 Å². The van der Waals surface area contributed by atoms with Crippen molar-refractivity contribution in [2.45, 2.75) is 30.3 Å². The Kier molecular flexibility index (Phi) is 5.96. The normalized spacial score (nSPS) is 16.1. The lowest BCUT2D eigenvalue weighted by atomic mass is 10.0. The number of likely N-dealkylation sites (tertiary alicyclic amines) is 1. The third kappa shape index (κ3) is 4.93. The number of nitrogens with zero attached hydrogens (tertiary/aromatic N) is 3. The topological polar surface area (TPSA) is 113 Å². The standard InChI is InChI=1S/C21H26N6O2S/c1-27-11-9-17(10-12-27)23-13-15-3-2-4-16-14-24-21(26-20(15)16)25-18-5-7-19(8-6-18)30(22,28)29/h2-8,14,17,23H,9-13H2,1H3,(H2,22,28,29)(H,24,25,26). The van der Waals surface area contributed by atoms with Crippen molar-refractivity contribution in [3.05, 3.63) is 54.2 Å². The molecule has 0 unspecified atom stereocenters. The molecule has 0 amide bonds. The van der Waals surface area contributed by atoms with Gasteiger partial charge in [0, 0.05) is 29.9 Å². The molecule has 0 atom stereocenters. The van der Waals surface area contributed by atoms with Crippen molar-refractivity contribution in [3.8, 4) is 0 Å². The number of para-hydroxylation sites is 1. The van der Waals surface area contributed by atoms with Gasteiger partial charge in [-0.05, 0) is 62.8 Å². The van der Waals surface area contributed by atoms with Crippen molar-refractivity contribution in [1.29, 1.82) is 0 Å². The maximum absolute atomic E-state index is 11.4. The van der Waals surface area contributed by atoms with Gasteiger partial charge in [0.15, 0.2) is 0 Å². The lowest BCUT2D eigenvalue weighted by molar-refractivity contribution is 0.234. The van der Waals surface area contributed by atoms with Gasteiger partial charge in [-0.2, -0.15) is 0 Å². The number of rotatable bonds is 6. The first-order valence-corrected chi connectivity index (χ1v) is 11.5. The number of fused-ring (bicyclic) bond motifs is 1. The van der Waals surface area contributed by atoms with Crippen LogP contribution in [0, 0.1) is 0 Å². The van der Waals surface area contributed by atoms with Gasteiger partial charge < -0.3 is 15.5 Å². The van der Waals surface area contributed by atoms with Crippen LogP contribution in [0.5, 0.6) is 0 Å². The molecule has 1 aliphatic rings. The molecular formula is C21H26N6O2S. The third-order valence-corrected chi connectivity index (χ3v) is 6.36. The smallest absolute Gasteiger partial charge is 0.238 e. The summed E-state index contributed by atoms with van der Waals surface area (Å²) in [5.41, 5.74) is 2.71. The monoisotopic (exact) mass is 426 g/mol. The van der Waals surface area contributed by atoms with Crippen LogP contribution in [0.25, 0.3) is 10.9 Å². The van der Waals surface area contributed by atoms with Crippen molar-refractivity contribution in [2.75, 3.05) is 25.5 Å². The minimum Gasteiger partial charge on any atom is -0.324 e. The summed E-state index contributed by atoms with van der Waals surface area (Å²) < 4.78 is 22.8. The predicted octanol–water partition coefficient (Wildman–Crippen LogP) is 2.20. The Hall–Kier alpha value is -2.59. The SMILES string of the molecule is CN1CCC(NCc2cccc3cnc(Nc4ccc(S(N)(=O)=O)cc4)nc23)CC1. The lowest BCUT2D eigenvalue weighted by Gasteiger charge is -2.29. The molecule has 1 saturated heterocycles. The van der Waals surface area contributed by atoms with Crippen LogP contribution in [0.3, 0.4) is 0 Å². The van der Waals surface area contributed by atoms with Crippen molar-refractivity contribution < 1.29 is 8.42 Å². The van der Waals surface area contributed by atoms with Crippen LogP contribution in [0.1, 0.15) is 18.4 Å². The van der Waals surface area contributed by atoms with Gasteiger partial charge in [0.05, 0.1) is 10.4 Å². The maximum atomic E-state index is 11.4. The molecule has 2 heterocycles. The number of hydrogen-bond donors (Lipinski definition) is 3. The van der Waals surface area contributed by atoms with Gasteiger partial charge in [0.2, 0.25) is 16.0 Å². The second kappa shape index (κ2) is 8.65. The highest BCUT2D eigenvalue weighted by atomic mass is 32.2. The number of nitrogens with two attached hydrogens (primary N) is 1. The number of aromatic nitrogens is 2. The molecule has 0 radical (unpaired) electrons. The van der Waals surface area contributed by atoms with E-state index in [1.165, 1.54) is 12.1 Å². The van der Waals surface area contributed by atoms with Gasteiger partial charge in [-0.3, -0.25) is 0 Å². The van der Waals surface area contributed by atoms with Gasteiger partial charge in [-0.25, -0.2) is 23.5 Å². The largest absolute Gasteiger partial charge is 0.324 e. The van der Waals surface area contributed by atoms with Crippen LogP contribution in [0.15, 0.2) is 53.6 Å². The number of sulfonamides is 1. The molecule has 4 N–H and O–H groups in total. The van der Waals surface area contributed by atoms with E-state index in [0.717, 1.165) is 48.9 Å². The Balaban J connectivity index is 1.50. The van der Waals surface area contributed by atoms with Crippen molar-refractivity contribution in [3.63, 3.8) is 0 Å². The van der Waals surface area contributed by atoms with Crippen LogP contribution in [0.4, 0.5) is 11.6 Å². The first-order chi connectivity index (χ1) is 14.4. The zero-order valence-corrected chi connectivity index (χ0v) is 17.7. The van der Waals surface area contributed by atoms with E-state index in [2.05, 4.69) is 33.6 Å². The first-order valence-electron chi connectivity index (χ1n) is 9.95. The summed E-state index contributed by atoms with van der Waals surface area (Å²) in [6, 6.07) is 12.8. The van der Waals surface area contributed by atoms with Crippen molar-refractivity contribution in [2.24, 2.45) is 5.14 Å². The molecule has 2 aromatic carbocycles. The Labute approximate surface area is 176 Å². The van der Waals surface area contributed by atoms with Crippen LogP contribution in [-0.4, -0.2) is 49.5 Å². The fourth-order valence-electron chi connectivity index (χ4n) is 3.64. The summed E-state index contributed by atoms with van der Waals surface area (Å²) in [6.45, 7) is 2.99. The lowest BCUT2D eigenvalue weighted by Crippen LogP contribution is -2.40. The molecule has 3 aromatic rings. The molecule has 9 heteroatoms. The summed E-state index contributed by atoms with van der Waals surface area (Å²) >= 11 is 0. The molecule has 0 spiro atoms. The van der Waals surface area contributed by atoms with Gasteiger partial charge in [-0.1, -0.05) is 18.2 Å². The van der Waals surface area contributed by atoms with E-state index in [0.29, 0.717) is 17.7 Å². The number of piperidine rings is 1. The molecule has 0 bridgehead atoms. The molecule has 1 aromatic heterocycles. The zero-order valence-electron chi connectivity index (χ0n) is 16.9. The zero-order chi connectivity index (χ0) is 21.1. The van der Waals surface area contributed by atoms with Crippen molar-refractivity contribution in [1.82, 2.24) is 20.2 Å². The minimum atomic E-state index is -3.71. The van der Waals surface area contributed by atoms with Gasteiger partial charge in [0.1, 0.15) is 0 Å². The van der Waals surface area contributed by atoms with E-state index >= 15 is 0 Å². The van der Waals surface area contributed by atoms with E-state index in [1.54, 1.807) is 18.3 Å². The highest BCUT2D eigenvalue weighted by Crippen LogP contribution is 2.21. The molecular weight excluding hydrogens is 400 g/mol. The summed E-state index contributed by atoms with van der Waals surface area (Å²) in [6.07, 6.45) is 4.09. The highest BCUT2D eigenvalue weighted by molar-refractivity contribution is 7.89. The van der Waals surface area contributed by atoms with E-state index in [4.69, 9.17) is 10.1 Å². The van der Waals surface area contributed by atoms with E-state index in [9.17, 15) is 8.42 Å². The molecule has 4 rings (SSSR count). The number of anilines is 2. The molecule has 8 nitrogen and oxygen atoms in total. The van der Waals surface area contributed by atoms with E-state index < -0.39 is 10.0 Å². The Morgan fingerprint density at radius 3 is 2.57 bits per heavy atom. The molecule has 0 aliphatic carbocycles. The Morgan fingerprint density at radius 2 is 1.87 bits per heavy atom. The minimum absolute atomic E-state index is 0.0646. The first kappa shape index (κ1) is 20.7. The van der Waals surface area contributed by atoms with Crippen LogP contribution >= 0.6 is 0 Å². The molecule has 30 heavy (non-hydrogen) atoms. The highest BCUT2D eigenvalue weighted by Gasteiger charge is 2.16. The quantitative estimate of drug-likeness (QED) is 0.554. The number of primary sulfonamides is 1. The molecule has 158 valence electrons. The Morgan fingerprint density at radius 1 is 1.13 bits per heavy atom. The average molecular weight is 427 g/mol. The fourth-order valence-corrected chi connectivity index (χ4v) is 4.16. The molecule has 1 fully saturated rings. The third-order valence-electron chi connectivity index (χ3n) is 5.43. The summed E-state index contributed by atoms with van der Waals surface area (Å²) in [7, 11) is -1.55. The van der Waals surface area contributed by atoms with Crippen LogP contribution < -0.4 is 15.8 Å². The number of nitrogens with one attached hydrogen (secondary N) is 2. The average Bonchev–Trinajstić information content (AvgIpc) is 2.73. The Bertz CT molecular complexity index is 1130. The van der Waals surface area contributed by atoms with Crippen LogP contribution in [-0.2, 0) is 16.6 Å². The number of benzene rings is 2. The second-order valence-corrected chi connectivity index (χ2v) is 9.26. The summed E-state index contributed by atoms with van der Waals surface area (Å²) in [5.74, 6) is 0.456. The summed E-state index contributed by atoms with van der Waals surface area (Å²) in [4.78, 5) is 11.5. The molecule has 0 saturated carbocycles. The van der Waals surface area contributed by atoms with E-state index in [-0.39, 0.29) is 4.90 Å². The van der Waals surface area contributed by atoms with Gasteiger partial charge >= 0.3 is 0 Å². The summed E-state index contributed by atoms with van der Waals surface area (Å²) in [5, 5.41) is 12.9. The van der Waals surface area contributed by atoms with Crippen LogP contribution in [0.2, 0.25) is 0 Å². The van der Waals surface area contributed by atoms with Crippen molar-refractivity contribution >= 4 is 32.6 Å². The predicted molar refractivity (Wildman–Crippen MR) is 118 cm³/mol. The van der Waals surface area contributed by atoms with Gasteiger partial charge in [0.25, 0.3) is 0 Å². The molecule has 1 aliphatic heterocycles. The van der Waals surface area contributed by atoms with E-state index in [1.807, 2.05) is 12.1 Å². The number of hydrogen-bond acceptors (Lipinski definition) is 7.